The Bertz CT molecular complexity index is 802. The summed E-state index contributed by atoms with van der Waals surface area (Å²) in [5, 5.41) is 8.65. The summed E-state index contributed by atoms with van der Waals surface area (Å²) < 4.78 is 5.35. The molecule has 1 aromatic carbocycles. The van der Waals surface area contributed by atoms with Crippen LogP contribution in [-0.2, 0) is 13.0 Å². The van der Waals surface area contributed by atoms with Crippen molar-refractivity contribution in [3.05, 3.63) is 41.2 Å². The molecule has 21 heavy (non-hydrogen) atoms. The largest absolute Gasteiger partial charge is 0.497 e. The summed E-state index contributed by atoms with van der Waals surface area (Å²) in [4.78, 5) is 5.85. The van der Waals surface area contributed by atoms with E-state index in [0.717, 1.165) is 36.8 Å². The summed E-state index contributed by atoms with van der Waals surface area (Å²) in [5.41, 5.74) is 4.97. The first-order valence-electron chi connectivity index (χ1n) is 7.19. The minimum absolute atomic E-state index is 0.882. The second kappa shape index (κ2) is 4.55. The average Bonchev–Trinajstić information content (AvgIpc) is 3.09. The van der Waals surface area contributed by atoms with E-state index in [2.05, 4.69) is 38.3 Å². The maximum Gasteiger partial charge on any atom is 0.150 e. The number of rotatable bonds is 2. The lowest BCUT2D eigenvalue weighted by Crippen LogP contribution is -2.30. The molecular formula is C16H18N4O. The van der Waals surface area contributed by atoms with E-state index in [9.17, 15) is 0 Å². The van der Waals surface area contributed by atoms with Gasteiger partial charge in [0.25, 0.3) is 0 Å². The van der Waals surface area contributed by atoms with Gasteiger partial charge in [0, 0.05) is 53.4 Å². The smallest absolute Gasteiger partial charge is 0.150 e. The number of fused-ring (bicyclic) bond motifs is 3. The molecule has 0 fully saturated rings. The third kappa shape index (κ3) is 1.96. The lowest BCUT2D eigenvalue weighted by molar-refractivity contribution is 0.415. The van der Waals surface area contributed by atoms with Crippen molar-refractivity contribution in [1.82, 2.24) is 15.2 Å². The van der Waals surface area contributed by atoms with Gasteiger partial charge in [-0.25, -0.2) is 0 Å². The number of hydrogen-bond donors (Lipinski definition) is 2. The Morgan fingerprint density at radius 3 is 2.95 bits per heavy atom. The van der Waals surface area contributed by atoms with Gasteiger partial charge < -0.3 is 14.6 Å². The second-order valence-electron chi connectivity index (χ2n) is 5.57. The number of nitrogens with zero attached hydrogens (tertiary/aromatic N) is 2. The highest BCUT2D eigenvalue weighted by Crippen LogP contribution is 2.31. The number of aromatic nitrogens is 3. The standard InChI is InChI=1S/C16H18N4O/c1-10-7-16(19-18-10)20-6-5-15-13(9-20)12-8-11(21-2)3-4-14(12)17-15/h3-4,7-8,17H,5-6,9H2,1-2H3,(H,18,19). The summed E-state index contributed by atoms with van der Waals surface area (Å²) in [5.74, 6) is 1.92. The predicted octanol–water partition coefficient (Wildman–Crippen LogP) is 2.77. The van der Waals surface area contributed by atoms with Gasteiger partial charge in [0.05, 0.1) is 7.11 Å². The van der Waals surface area contributed by atoms with Gasteiger partial charge in [0.1, 0.15) is 5.75 Å². The summed E-state index contributed by atoms with van der Waals surface area (Å²) in [6.07, 6.45) is 1.01. The normalized spacial score (nSPS) is 14.5. The molecule has 5 heteroatoms. The zero-order chi connectivity index (χ0) is 14.4. The summed E-state index contributed by atoms with van der Waals surface area (Å²) in [7, 11) is 1.71. The molecule has 1 aliphatic rings. The van der Waals surface area contributed by atoms with E-state index in [4.69, 9.17) is 4.74 Å². The first-order chi connectivity index (χ1) is 10.2. The Kier molecular flexibility index (Phi) is 2.67. The summed E-state index contributed by atoms with van der Waals surface area (Å²) in [6.45, 7) is 3.90. The van der Waals surface area contributed by atoms with Gasteiger partial charge in [0.2, 0.25) is 0 Å². The van der Waals surface area contributed by atoms with E-state index < -0.39 is 0 Å². The monoisotopic (exact) mass is 282 g/mol. The topological polar surface area (TPSA) is 56.9 Å². The van der Waals surface area contributed by atoms with Crippen LogP contribution in [-0.4, -0.2) is 28.8 Å². The molecule has 0 bridgehead atoms. The lowest BCUT2D eigenvalue weighted by atomic mass is 10.0. The van der Waals surface area contributed by atoms with Crippen LogP contribution in [0.1, 0.15) is 17.0 Å². The van der Waals surface area contributed by atoms with Gasteiger partial charge in [-0.2, -0.15) is 5.10 Å². The number of hydrogen-bond acceptors (Lipinski definition) is 3. The molecule has 2 N–H and O–H groups in total. The van der Waals surface area contributed by atoms with Crippen molar-refractivity contribution in [2.45, 2.75) is 19.9 Å². The first kappa shape index (κ1) is 12.3. The van der Waals surface area contributed by atoms with Crippen molar-refractivity contribution in [3.63, 3.8) is 0 Å². The molecule has 0 saturated heterocycles. The number of aromatic amines is 2. The van der Waals surface area contributed by atoms with E-state index in [1.54, 1.807) is 7.11 Å². The fraction of sp³-hybridized carbons (Fsp3) is 0.312. The van der Waals surface area contributed by atoms with Crippen LogP contribution in [0.25, 0.3) is 10.9 Å². The van der Waals surface area contributed by atoms with E-state index >= 15 is 0 Å². The number of methoxy groups -OCH3 is 1. The lowest BCUT2D eigenvalue weighted by Gasteiger charge is -2.27. The molecule has 108 valence electrons. The minimum atomic E-state index is 0.882. The zero-order valence-corrected chi connectivity index (χ0v) is 12.2. The Hall–Kier alpha value is -2.43. The number of benzene rings is 1. The molecule has 0 aliphatic carbocycles. The molecule has 3 aromatic rings. The van der Waals surface area contributed by atoms with Crippen LogP contribution >= 0.6 is 0 Å². The van der Waals surface area contributed by atoms with Crippen LogP contribution < -0.4 is 9.64 Å². The van der Waals surface area contributed by atoms with Crippen LogP contribution in [0.3, 0.4) is 0 Å². The van der Waals surface area contributed by atoms with E-state index in [0.29, 0.717) is 0 Å². The minimum Gasteiger partial charge on any atom is -0.497 e. The zero-order valence-electron chi connectivity index (χ0n) is 12.2. The predicted molar refractivity (Wildman–Crippen MR) is 82.9 cm³/mol. The third-order valence-corrected chi connectivity index (χ3v) is 4.20. The van der Waals surface area contributed by atoms with Crippen LogP contribution in [0.15, 0.2) is 24.3 Å². The van der Waals surface area contributed by atoms with Crippen LogP contribution in [0.2, 0.25) is 0 Å². The van der Waals surface area contributed by atoms with Gasteiger partial charge in [-0.05, 0) is 25.1 Å². The van der Waals surface area contributed by atoms with Crippen molar-refractivity contribution in [2.24, 2.45) is 0 Å². The van der Waals surface area contributed by atoms with Crippen molar-refractivity contribution < 1.29 is 4.74 Å². The van der Waals surface area contributed by atoms with Crippen LogP contribution in [0.4, 0.5) is 5.82 Å². The number of H-pyrrole nitrogens is 2. The number of ether oxygens (including phenoxy) is 1. The number of nitrogens with one attached hydrogen (secondary N) is 2. The van der Waals surface area contributed by atoms with Crippen molar-refractivity contribution in [2.75, 3.05) is 18.6 Å². The molecular weight excluding hydrogens is 264 g/mol. The fourth-order valence-corrected chi connectivity index (χ4v) is 3.08. The third-order valence-electron chi connectivity index (χ3n) is 4.20. The SMILES string of the molecule is COc1ccc2[nH]c3c(c2c1)CN(c1cc(C)[nH]n1)CC3. The van der Waals surface area contributed by atoms with E-state index in [-0.39, 0.29) is 0 Å². The molecule has 0 spiro atoms. The Morgan fingerprint density at radius 1 is 1.29 bits per heavy atom. The van der Waals surface area contributed by atoms with Crippen molar-refractivity contribution >= 4 is 16.7 Å². The molecule has 0 unspecified atom stereocenters. The molecule has 2 aromatic heterocycles. The Balaban J connectivity index is 1.76. The van der Waals surface area contributed by atoms with Crippen LogP contribution in [0, 0.1) is 6.92 Å². The van der Waals surface area contributed by atoms with Gasteiger partial charge in [-0.1, -0.05) is 0 Å². The second-order valence-corrected chi connectivity index (χ2v) is 5.57. The molecule has 0 radical (unpaired) electrons. The Morgan fingerprint density at radius 2 is 2.19 bits per heavy atom. The highest BCUT2D eigenvalue weighted by molar-refractivity contribution is 5.86. The van der Waals surface area contributed by atoms with Crippen molar-refractivity contribution in [3.8, 4) is 5.75 Å². The van der Waals surface area contributed by atoms with E-state index in [1.807, 2.05) is 13.0 Å². The molecule has 0 atom stereocenters. The molecule has 0 saturated carbocycles. The number of anilines is 1. The quantitative estimate of drug-likeness (QED) is 0.760. The fourth-order valence-electron chi connectivity index (χ4n) is 3.08. The van der Waals surface area contributed by atoms with Gasteiger partial charge in [-0.15, -0.1) is 0 Å². The highest BCUT2D eigenvalue weighted by atomic mass is 16.5. The Labute approximate surface area is 122 Å². The molecule has 5 nitrogen and oxygen atoms in total. The van der Waals surface area contributed by atoms with Gasteiger partial charge in [-0.3, -0.25) is 5.10 Å². The van der Waals surface area contributed by atoms with Gasteiger partial charge in [0.15, 0.2) is 5.82 Å². The first-order valence-corrected chi connectivity index (χ1v) is 7.19. The van der Waals surface area contributed by atoms with Crippen LogP contribution in [0.5, 0.6) is 5.75 Å². The summed E-state index contributed by atoms with van der Waals surface area (Å²) >= 11 is 0. The maximum atomic E-state index is 5.35. The van der Waals surface area contributed by atoms with E-state index in [1.165, 1.54) is 22.2 Å². The number of aryl methyl sites for hydroxylation is 1. The van der Waals surface area contributed by atoms with Gasteiger partial charge >= 0.3 is 0 Å². The molecule has 4 rings (SSSR count). The van der Waals surface area contributed by atoms with Crippen molar-refractivity contribution in [1.29, 1.82) is 0 Å². The average molecular weight is 282 g/mol. The summed E-state index contributed by atoms with van der Waals surface area (Å²) in [6, 6.07) is 8.30. The molecule has 3 heterocycles. The molecule has 1 aliphatic heterocycles. The maximum absolute atomic E-state index is 5.35. The molecule has 0 amide bonds. The highest BCUT2D eigenvalue weighted by Gasteiger charge is 2.22.